The van der Waals surface area contributed by atoms with Gasteiger partial charge >= 0.3 is 12.1 Å². The van der Waals surface area contributed by atoms with Gasteiger partial charge in [0.2, 0.25) is 0 Å². The lowest BCUT2D eigenvalue weighted by Crippen LogP contribution is -2.30. The summed E-state index contributed by atoms with van der Waals surface area (Å²) in [6.07, 6.45) is -3.61. The Morgan fingerprint density at radius 3 is 2.49 bits per heavy atom. The number of aliphatic carboxylic acids is 1. The number of fused-ring (bicyclic) bond motifs is 1. The van der Waals surface area contributed by atoms with Crippen LogP contribution in [0.2, 0.25) is 0 Å². The summed E-state index contributed by atoms with van der Waals surface area (Å²) in [5.74, 6) is -0.263. The van der Waals surface area contributed by atoms with E-state index >= 15 is 0 Å². The molecule has 10 heteroatoms. The second-order valence-electron chi connectivity index (χ2n) is 10.2. The van der Waals surface area contributed by atoms with E-state index in [0.29, 0.717) is 35.8 Å². The van der Waals surface area contributed by atoms with Crippen molar-refractivity contribution in [2.45, 2.75) is 51.5 Å². The highest BCUT2D eigenvalue weighted by molar-refractivity contribution is 5.85. The quantitative estimate of drug-likeness (QED) is 0.440. The molecule has 1 aromatic heterocycles. The first-order chi connectivity index (χ1) is 17.3. The zero-order valence-electron chi connectivity index (χ0n) is 21.4. The Morgan fingerprint density at radius 2 is 1.89 bits per heavy atom. The minimum Gasteiger partial charge on any atom is -0.493 e. The van der Waals surface area contributed by atoms with Crippen LogP contribution in [-0.2, 0) is 22.1 Å². The van der Waals surface area contributed by atoms with Gasteiger partial charge in [0.1, 0.15) is 11.6 Å². The molecule has 7 nitrogen and oxygen atoms in total. The fourth-order valence-electron chi connectivity index (χ4n) is 4.41. The molecule has 0 spiro atoms. The molecule has 2 heterocycles. The average molecular weight is 518 g/mol. The second-order valence-corrected chi connectivity index (χ2v) is 10.2. The van der Waals surface area contributed by atoms with Crippen LogP contribution in [0.25, 0.3) is 16.8 Å². The average Bonchev–Trinajstić information content (AvgIpc) is 3.30. The summed E-state index contributed by atoms with van der Waals surface area (Å²) in [5.41, 5.74) is -0.915. The van der Waals surface area contributed by atoms with Gasteiger partial charge in [-0.25, -0.2) is 9.48 Å². The predicted octanol–water partition coefficient (Wildman–Crippen LogP) is 5.89. The Labute approximate surface area is 213 Å². The molecule has 1 unspecified atom stereocenters. The third-order valence-corrected chi connectivity index (χ3v) is 5.96. The summed E-state index contributed by atoms with van der Waals surface area (Å²) in [5, 5.41) is 14.7. The van der Waals surface area contributed by atoms with Crippen molar-refractivity contribution < 1.29 is 32.5 Å². The number of nitrogens with zero attached hydrogens (tertiary/aromatic N) is 3. The zero-order chi connectivity index (χ0) is 27.1. The number of benzene rings is 2. The van der Waals surface area contributed by atoms with Crippen LogP contribution in [0.4, 0.5) is 19.0 Å². The molecule has 4 rings (SSSR count). The largest absolute Gasteiger partial charge is 0.493 e. The SMILES string of the molecule is CN(C)c1ccn(-c2ccc(C(F)(F)F)c(C(OC(C)(C)C)C(=O)O)c2-c2ccc3c(c2)CCCO3)n1. The Hall–Kier alpha value is -3.53. The molecular weight excluding hydrogens is 487 g/mol. The summed E-state index contributed by atoms with van der Waals surface area (Å²) in [6.45, 7) is 5.37. The Morgan fingerprint density at radius 1 is 1.16 bits per heavy atom. The van der Waals surface area contributed by atoms with E-state index in [0.717, 1.165) is 18.1 Å². The highest BCUT2D eigenvalue weighted by atomic mass is 19.4. The monoisotopic (exact) mass is 517 g/mol. The molecular formula is C27H30F3N3O4. The number of carboxylic acids is 1. The van der Waals surface area contributed by atoms with E-state index in [9.17, 15) is 23.1 Å². The summed E-state index contributed by atoms with van der Waals surface area (Å²) in [4.78, 5) is 14.2. The Kier molecular flexibility index (Phi) is 6.98. The van der Waals surface area contributed by atoms with Gasteiger partial charge in [-0.3, -0.25) is 0 Å². The van der Waals surface area contributed by atoms with Gasteiger partial charge in [0, 0.05) is 37.5 Å². The maximum Gasteiger partial charge on any atom is 0.416 e. The molecule has 0 saturated carbocycles. The number of carbonyl (C=O) groups is 1. The maximum atomic E-state index is 14.4. The number of anilines is 1. The van der Waals surface area contributed by atoms with Gasteiger partial charge in [-0.2, -0.15) is 18.3 Å². The minimum atomic E-state index is -4.83. The van der Waals surface area contributed by atoms with Crippen LogP contribution < -0.4 is 9.64 Å². The van der Waals surface area contributed by atoms with Crippen molar-refractivity contribution in [1.82, 2.24) is 9.78 Å². The van der Waals surface area contributed by atoms with Gasteiger partial charge in [-0.05, 0) is 69.0 Å². The van der Waals surface area contributed by atoms with E-state index in [-0.39, 0.29) is 5.56 Å². The fourth-order valence-corrected chi connectivity index (χ4v) is 4.41. The van der Waals surface area contributed by atoms with E-state index in [1.807, 2.05) is 0 Å². The maximum absolute atomic E-state index is 14.4. The number of aromatic nitrogens is 2. The van der Waals surface area contributed by atoms with Crippen LogP contribution in [0.1, 0.15) is 50.0 Å². The first kappa shape index (κ1) is 26.5. The summed E-state index contributed by atoms with van der Waals surface area (Å²) >= 11 is 0. The molecule has 1 aliphatic rings. The summed E-state index contributed by atoms with van der Waals surface area (Å²) in [7, 11) is 3.60. The van der Waals surface area contributed by atoms with Crippen molar-refractivity contribution in [2.75, 3.05) is 25.6 Å². The lowest BCUT2D eigenvalue weighted by Gasteiger charge is -2.30. The molecule has 0 radical (unpaired) electrons. The fraction of sp³-hybridized carbons (Fsp3) is 0.407. The van der Waals surface area contributed by atoms with Crippen molar-refractivity contribution in [3.05, 3.63) is 59.3 Å². The smallest absolute Gasteiger partial charge is 0.416 e. The number of aryl methyl sites for hydroxylation is 1. The number of halogens is 3. The van der Waals surface area contributed by atoms with E-state index < -0.39 is 35.0 Å². The van der Waals surface area contributed by atoms with E-state index in [1.54, 1.807) is 70.2 Å². The van der Waals surface area contributed by atoms with E-state index in [4.69, 9.17) is 9.47 Å². The van der Waals surface area contributed by atoms with Crippen LogP contribution in [0, 0.1) is 0 Å². The number of ether oxygens (including phenoxy) is 2. The summed E-state index contributed by atoms with van der Waals surface area (Å²) in [6, 6.07) is 9.07. The molecule has 0 fully saturated rings. The molecule has 37 heavy (non-hydrogen) atoms. The Bertz CT molecular complexity index is 1310. The van der Waals surface area contributed by atoms with Crippen LogP contribution in [0.5, 0.6) is 5.75 Å². The van der Waals surface area contributed by atoms with Crippen LogP contribution in [-0.4, -0.2) is 47.2 Å². The number of alkyl halides is 3. The van der Waals surface area contributed by atoms with Crippen molar-refractivity contribution in [2.24, 2.45) is 0 Å². The normalized spacial score (nSPS) is 14.6. The van der Waals surface area contributed by atoms with Crippen LogP contribution >= 0.6 is 0 Å². The predicted molar refractivity (Wildman–Crippen MR) is 133 cm³/mol. The highest BCUT2D eigenvalue weighted by Gasteiger charge is 2.41. The van der Waals surface area contributed by atoms with Crippen molar-refractivity contribution in [3.63, 3.8) is 0 Å². The van der Waals surface area contributed by atoms with Gasteiger partial charge in [-0.15, -0.1) is 0 Å². The molecule has 0 aliphatic carbocycles. The van der Waals surface area contributed by atoms with E-state index in [1.165, 1.54) is 10.7 Å². The van der Waals surface area contributed by atoms with Gasteiger partial charge < -0.3 is 19.5 Å². The van der Waals surface area contributed by atoms with Gasteiger partial charge in [0.15, 0.2) is 6.10 Å². The third kappa shape index (κ3) is 5.58. The van der Waals surface area contributed by atoms with Crippen molar-refractivity contribution in [1.29, 1.82) is 0 Å². The molecule has 0 saturated heterocycles. The summed E-state index contributed by atoms with van der Waals surface area (Å²) < 4.78 is 56.2. The van der Waals surface area contributed by atoms with Crippen molar-refractivity contribution in [3.8, 4) is 22.6 Å². The highest BCUT2D eigenvalue weighted by Crippen LogP contribution is 2.45. The number of hydrogen-bond acceptors (Lipinski definition) is 5. The number of hydrogen-bond donors (Lipinski definition) is 1. The molecule has 0 bridgehead atoms. The molecule has 2 aromatic carbocycles. The van der Waals surface area contributed by atoms with E-state index in [2.05, 4.69) is 5.10 Å². The first-order valence-electron chi connectivity index (χ1n) is 11.9. The third-order valence-electron chi connectivity index (χ3n) is 5.96. The van der Waals surface area contributed by atoms with Gasteiger partial charge in [0.05, 0.1) is 23.5 Å². The zero-order valence-corrected chi connectivity index (χ0v) is 21.4. The molecule has 1 aliphatic heterocycles. The Balaban J connectivity index is 2.09. The van der Waals surface area contributed by atoms with Gasteiger partial charge in [-0.1, -0.05) is 6.07 Å². The molecule has 198 valence electrons. The van der Waals surface area contributed by atoms with Crippen molar-refractivity contribution >= 4 is 11.8 Å². The second kappa shape index (κ2) is 9.74. The standard InChI is InChI=1S/C27H30F3N3O4/c1-26(2,3)37-24(25(34)35)23-18(27(28,29)30)9-10-19(33-13-12-21(31-33)32(4)5)22(23)17-8-11-20-16(15-17)7-6-14-36-20/h8-13,15,24H,6-7,14H2,1-5H3,(H,34,35). The molecule has 0 amide bonds. The lowest BCUT2D eigenvalue weighted by molar-refractivity contribution is -0.163. The number of carboxylic acid groups (broad SMARTS) is 1. The minimum absolute atomic E-state index is 0.0910. The van der Waals surface area contributed by atoms with Crippen LogP contribution in [0.3, 0.4) is 0 Å². The molecule has 1 atom stereocenters. The molecule has 3 aromatic rings. The topological polar surface area (TPSA) is 76.8 Å². The lowest BCUT2D eigenvalue weighted by atomic mass is 9.88. The number of rotatable bonds is 6. The first-order valence-corrected chi connectivity index (χ1v) is 11.9. The molecule has 1 N–H and O–H groups in total. The van der Waals surface area contributed by atoms with Gasteiger partial charge in [0.25, 0.3) is 0 Å². The van der Waals surface area contributed by atoms with Crippen LogP contribution in [0.15, 0.2) is 42.6 Å².